The number of esters is 1. The van der Waals surface area contributed by atoms with Gasteiger partial charge in [-0.3, -0.25) is 4.79 Å². The number of hydrogen-bond acceptors (Lipinski definition) is 8. The number of benzene rings is 2. The summed E-state index contributed by atoms with van der Waals surface area (Å²) in [5.74, 6) is -0.294. The summed E-state index contributed by atoms with van der Waals surface area (Å²) in [6.07, 6.45) is 0.464. The van der Waals surface area contributed by atoms with Crippen LogP contribution in [0.4, 0.5) is 0 Å². The molecule has 0 saturated heterocycles. The van der Waals surface area contributed by atoms with Crippen molar-refractivity contribution in [2.45, 2.75) is 39.0 Å². The van der Waals surface area contributed by atoms with Crippen LogP contribution in [0, 0.1) is 0 Å². The van der Waals surface area contributed by atoms with Crippen molar-refractivity contribution in [1.29, 1.82) is 0 Å². The number of hydrogen-bond donors (Lipinski definition) is 1. The summed E-state index contributed by atoms with van der Waals surface area (Å²) in [5, 5.41) is 20.1. The molecule has 0 aliphatic carbocycles. The van der Waals surface area contributed by atoms with Crippen LogP contribution in [0.25, 0.3) is 16.7 Å². The van der Waals surface area contributed by atoms with Gasteiger partial charge in [-0.2, -0.15) is 0 Å². The fourth-order valence-electron chi connectivity index (χ4n) is 3.41. The Kier molecular flexibility index (Phi) is 9.59. The first kappa shape index (κ1) is 26.6. The molecule has 9 heteroatoms. The van der Waals surface area contributed by atoms with Crippen molar-refractivity contribution in [1.82, 2.24) is 15.0 Å². The molecule has 0 atom stereocenters. The number of nitrogens with zero attached hydrogens (tertiary/aromatic N) is 3. The van der Waals surface area contributed by atoms with Gasteiger partial charge in [-0.1, -0.05) is 39.0 Å². The molecule has 0 aliphatic heterocycles. The molecule has 35 heavy (non-hydrogen) atoms. The second-order valence-electron chi connectivity index (χ2n) is 9.17. The van der Waals surface area contributed by atoms with E-state index in [1.807, 2.05) is 36.4 Å². The molecule has 2 aromatic carbocycles. The second-order valence-corrected chi connectivity index (χ2v) is 9.17. The van der Waals surface area contributed by atoms with Gasteiger partial charge in [-0.15, -0.1) is 15.0 Å². The summed E-state index contributed by atoms with van der Waals surface area (Å²) in [5.41, 5.74) is 3.45. The van der Waals surface area contributed by atoms with E-state index in [2.05, 4.69) is 31.0 Å². The van der Waals surface area contributed by atoms with E-state index in [1.165, 1.54) is 4.80 Å². The van der Waals surface area contributed by atoms with E-state index >= 15 is 0 Å². The van der Waals surface area contributed by atoms with Crippen molar-refractivity contribution < 1.29 is 28.8 Å². The monoisotopic (exact) mass is 485 g/mol. The fraction of sp³-hybridized carbons (Fsp3) is 0.500. The van der Waals surface area contributed by atoms with Crippen molar-refractivity contribution in [2.24, 2.45) is 0 Å². The predicted octanol–water partition coefficient (Wildman–Crippen LogP) is 3.58. The van der Waals surface area contributed by atoms with Gasteiger partial charge in [0.15, 0.2) is 0 Å². The lowest BCUT2D eigenvalue weighted by Crippen LogP contribution is -2.15. The Morgan fingerprint density at radius 3 is 2.14 bits per heavy atom. The zero-order chi connectivity index (χ0) is 25.3. The van der Waals surface area contributed by atoms with Gasteiger partial charge < -0.3 is 24.1 Å². The van der Waals surface area contributed by atoms with Crippen molar-refractivity contribution in [3.63, 3.8) is 0 Å². The molecule has 1 heterocycles. The zero-order valence-corrected chi connectivity index (χ0v) is 21.0. The van der Waals surface area contributed by atoms with Crippen molar-refractivity contribution in [2.75, 3.05) is 46.8 Å². The molecule has 1 N–H and O–H groups in total. The average molecular weight is 486 g/mol. The first-order chi connectivity index (χ1) is 16.8. The van der Waals surface area contributed by atoms with Gasteiger partial charge in [0.1, 0.15) is 29.1 Å². The Morgan fingerprint density at radius 2 is 1.54 bits per heavy atom. The SMILES string of the molecule is COCCOCCOCCOC(=O)CCc1cc(C(C)(C)C)cc(-n2nc3ccccc3n2)c1O. The van der Waals surface area contributed by atoms with Gasteiger partial charge in [0, 0.05) is 13.5 Å². The van der Waals surface area contributed by atoms with Crippen LogP contribution in [-0.2, 0) is 35.6 Å². The van der Waals surface area contributed by atoms with Crippen molar-refractivity contribution in [3.05, 3.63) is 47.5 Å². The Labute approximate surface area is 205 Å². The number of ether oxygens (including phenoxy) is 4. The minimum Gasteiger partial charge on any atom is -0.505 e. The molecule has 0 aliphatic rings. The molecule has 0 radical (unpaired) electrons. The van der Waals surface area contributed by atoms with Gasteiger partial charge in [0.05, 0.1) is 33.0 Å². The summed E-state index contributed by atoms with van der Waals surface area (Å²) in [7, 11) is 1.62. The summed E-state index contributed by atoms with van der Waals surface area (Å²) >= 11 is 0. The van der Waals surface area contributed by atoms with Gasteiger partial charge in [0.25, 0.3) is 0 Å². The lowest BCUT2D eigenvalue weighted by Gasteiger charge is -2.22. The summed E-state index contributed by atoms with van der Waals surface area (Å²) in [6.45, 7) is 8.70. The number of phenolic OH excluding ortho intramolecular Hbond substituents is 1. The van der Waals surface area contributed by atoms with Crippen LogP contribution >= 0.6 is 0 Å². The van der Waals surface area contributed by atoms with Crippen molar-refractivity contribution >= 4 is 17.0 Å². The molecule has 1 aromatic heterocycles. The van der Waals surface area contributed by atoms with E-state index in [0.717, 1.165) is 16.6 Å². The Balaban J connectivity index is 1.59. The molecule has 0 bridgehead atoms. The minimum absolute atomic E-state index is 0.0583. The summed E-state index contributed by atoms with van der Waals surface area (Å²) < 4.78 is 20.8. The molecule has 0 saturated carbocycles. The highest BCUT2D eigenvalue weighted by molar-refractivity contribution is 5.74. The number of aryl methyl sites for hydroxylation is 1. The van der Waals surface area contributed by atoms with Gasteiger partial charge in [-0.25, -0.2) is 0 Å². The molecule has 0 fully saturated rings. The lowest BCUT2D eigenvalue weighted by molar-refractivity contribution is -0.145. The fourth-order valence-corrected chi connectivity index (χ4v) is 3.41. The number of carbonyl (C=O) groups excluding carboxylic acids is 1. The highest BCUT2D eigenvalue weighted by Gasteiger charge is 2.21. The van der Waals surface area contributed by atoms with Crippen LogP contribution in [0.15, 0.2) is 36.4 Å². The quantitative estimate of drug-likeness (QED) is 0.289. The van der Waals surface area contributed by atoms with E-state index in [-0.39, 0.29) is 30.2 Å². The Bertz CT molecular complexity index is 1070. The molecule has 190 valence electrons. The third-order valence-corrected chi connectivity index (χ3v) is 5.43. The Hall–Kier alpha value is -3.01. The maximum atomic E-state index is 12.3. The first-order valence-electron chi connectivity index (χ1n) is 11.8. The molecule has 9 nitrogen and oxygen atoms in total. The van der Waals surface area contributed by atoms with Gasteiger partial charge >= 0.3 is 5.97 Å². The standard InChI is InChI=1S/C26H35N3O6/c1-26(2,3)20-17-19(9-10-24(30)35-16-15-34-14-13-33-12-11-32-4)25(31)23(18-20)29-27-21-7-5-6-8-22(21)28-29/h5-8,17-18,31H,9-16H2,1-4H3. The maximum absolute atomic E-state index is 12.3. The Morgan fingerprint density at radius 1 is 0.943 bits per heavy atom. The molecular weight excluding hydrogens is 450 g/mol. The maximum Gasteiger partial charge on any atom is 0.306 e. The average Bonchev–Trinajstić information content (AvgIpc) is 3.25. The van der Waals surface area contributed by atoms with Crippen LogP contribution in [0.5, 0.6) is 5.75 Å². The third-order valence-electron chi connectivity index (χ3n) is 5.43. The topological polar surface area (TPSA) is 105 Å². The number of phenols is 1. The third kappa shape index (κ3) is 7.74. The normalized spacial score (nSPS) is 11.8. The van der Waals surface area contributed by atoms with Gasteiger partial charge in [0.2, 0.25) is 0 Å². The van der Waals surface area contributed by atoms with E-state index < -0.39 is 0 Å². The highest BCUT2D eigenvalue weighted by atomic mass is 16.6. The van der Waals surface area contributed by atoms with E-state index in [0.29, 0.717) is 50.7 Å². The number of methoxy groups -OCH3 is 1. The zero-order valence-electron chi connectivity index (χ0n) is 21.0. The van der Waals surface area contributed by atoms with Crippen LogP contribution in [0.3, 0.4) is 0 Å². The van der Waals surface area contributed by atoms with Crippen LogP contribution in [0.1, 0.15) is 38.3 Å². The lowest BCUT2D eigenvalue weighted by atomic mass is 9.85. The first-order valence-corrected chi connectivity index (χ1v) is 11.8. The van der Waals surface area contributed by atoms with Crippen molar-refractivity contribution in [3.8, 4) is 11.4 Å². The molecule has 3 rings (SSSR count). The highest BCUT2D eigenvalue weighted by Crippen LogP contribution is 2.34. The molecule has 0 amide bonds. The largest absolute Gasteiger partial charge is 0.505 e. The van der Waals surface area contributed by atoms with E-state index in [4.69, 9.17) is 18.9 Å². The molecular formula is C26H35N3O6. The number of aromatic nitrogens is 3. The summed E-state index contributed by atoms with van der Waals surface area (Å²) in [4.78, 5) is 13.7. The minimum atomic E-state index is -0.352. The molecule has 0 spiro atoms. The van der Waals surface area contributed by atoms with Crippen LogP contribution in [0.2, 0.25) is 0 Å². The number of fused-ring (bicyclic) bond motifs is 1. The molecule has 0 unspecified atom stereocenters. The number of aromatic hydroxyl groups is 1. The number of rotatable bonds is 13. The smallest absolute Gasteiger partial charge is 0.306 e. The van der Waals surface area contributed by atoms with Crippen LogP contribution < -0.4 is 0 Å². The predicted molar refractivity (Wildman–Crippen MR) is 132 cm³/mol. The number of carbonyl (C=O) groups is 1. The van der Waals surface area contributed by atoms with E-state index in [9.17, 15) is 9.90 Å². The van der Waals surface area contributed by atoms with Gasteiger partial charge in [-0.05, 0) is 41.2 Å². The second kappa shape index (κ2) is 12.6. The van der Waals surface area contributed by atoms with Crippen LogP contribution in [-0.4, -0.2) is 72.8 Å². The summed E-state index contributed by atoms with van der Waals surface area (Å²) in [6, 6.07) is 11.4. The molecule has 3 aromatic rings. The van der Waals surface area contributed by atoms with E-state index in [1.54, 1.807) is 7.11 Å².